The standard InChI is InChI=1S/C24H34N4O2/c1-26-9-11-27(12-10-26)16-19-14-24(30-17-19)7-4-8-28(18-24)23(29)13-20-15-25-22-6-3-2-5-21(20)22/h2-3,5-6,15,19,25H,4,7-14,16-18H2,1H3. The first kappa shape index (κ1) is 20.0. The Morgan fingerprint density at radius 2 is 2.03 bits per heavy atom. The van der Waals surface area contributed by atoms with Gasteiger partial charge in [-0.3, -0.25) is 4.79 Å². The zero-order valence-electron chi connectivity index (χ0n) is 18.1. The van der Waals surface area contributed by atoms with Crippen molar-refractivity contribution in [3.8, 4) is 0 Å². The van der Waals surface area contributed by atoms with Crippen LogP contribution in [0.4, 0.5) is 0 Å². The number of amides is 1. The third-order valence-corrected chi connectivity index (χ3v) is 7.31. The minimum Gasteiger partial charge on any atom is -0.373 e. The summed E-state index contributed by atoms with van der Waals surface area (Å²) in [4.78, 5) is 23.5. The number of fused-ring (bicyclic) bond motifs is 1. The highest BCUT2D eigenvalue weighted by Gasteiger charge is 2.44. The van der Waals surface area contributed by atoms with E-state index in [9.17, 15) is 4.79 Å². The van der Waals surface area contributed by atoms with Crippen LogP contribution in [0.1, 0.15) is 24.8 Å². The van der Waals surface area contributed by atoms with Crippen LogP contribution in [-0.2, 0) is 16.0 Å². The minimum absolute atomic E-state index is 0.120. The van der Waals surface area contributed by atoms with Crippen molar-refractivity contribution in [2.75, 3.05) is 59.5 Å². The molecule has 1 spiro atoms. The van der Waals surface area contributed by atoms with Crippen molar-refractivity contribution in [3.63, 3.8) is 0 Å². The van der Waals surface area contributed by atoms with Crippen molar-refractivity contribution in [1.29, 1.82) is 0 Å². The summed E-state index contributed by atoms with van der Waals surface area (Å²) in [6.07, 6.45) is 5.67. The number of rotatable bonds is 4. The van der Waals surface area contributed by atoms with Crippen molar-refractivity contribution < 1.29 is 9.53 Å². The van der Waals surface area contributed by atoms with E-state index in [1.807, 2.05) is 18.3 Å². The first-order valence-electron chi connectivity index (χ1n) is 11.5. The van der Waals surface area contributed by atoms with Crippen LogP contribution >= 0.6 is 0 Å². The monoisotopic (exact) mass is 410 g/mol. The number of aromatic amines is 1. The van der Waals surface area contributed by atoms with E-state index in [4.69, 9.17) is 4.74 Å². The number of nitrogens with zero attached hydrogens (tertiary/aromatic N) is 3. The third-order valence-electron chi connectivity index (χ3n) is 7.31. The number of hydrogen-bond donors (Lipinski definition) is 1. The van der Waals surface area contributed by atoms with Crippen LogP contribution in [0.3, 0.4) is 0 Å². The molecule has 2 unspecified atom stereocenters. The Hall–Kier alpha value is -1.89. The lowest BCUT2D eigenvalue weighted by Gasteiger charge is -2.40. The van der Waals surface area contributed by atoms with Crippen molar-refractivity contribution >= 4 is 16.8 Å². The van der Waals surface area contributed by atoms with Gasteiger partial charge in [-0.2, -0.15) is 0 Å². The zero-order valence-corrected chi connectivity index (χ0v) is 18.1. The molecule has 3 fully saturated rings. The Balaban J connectivity index is 1.19. The number of nitrogens with one attached hydrogen (secondary N) is 1. The number of piperidine rings is 1. The van der Waals surface area contributed by atoms with E-state index in [1.165, 1.54) is 0 Å². The van der Waals surface area contributed by atoms with Crippen LogP contribution in [0.2, 0.25) is 0 Å². The molecular weight excluding hydrogens is 376 g/mol. The molecule has 30 heavy (non-hydrogen) atoms. The van der Waals surface area contributed by atoms with Gasteiger partial charge in [-0.15, -0.1) is 0 Å². The SMILES string of the molecule is CN1CCN(CC2COC3(CCCN(C(=O)Cc4c[nH]c5ccccc45)C3)C2)CC1. The number of piperazine rings is 1. The maximum atomic E-state index is 13.1. The van der Waals surface area contributed by atoms with Crippen LogP contribution in [-0.4, -0.2) is 90.7 Å². The van der Waals surface area contributed by atoms with Gasteiger partial charge < -0.3 is 24.4 Å². The largest absolute Gasteiger partial charge is 0.373 e. The average Bonchev–Trinajstić information content (AvgIpc) is 3.34. The molecule has 6 heteroatoms. The van der Waals surface area contributed by atoms with Crippen molar-refractivity contribution in [1.82, 2.24) is 19.7 Å². The number of aromatic nitrogens is 1. The van der Waals surface area contributed by atoms with Gasteiger partial charge in [0.1, 0.15) is 0 Å². The second-order valence-electron chi connectivity index (χ2n) is 9.62. The van der Waals surface area contributed by atoms with E-state index in [2.05, 4.69) is 38.9 Å². The number of likely N-dealkylation sites (N-methyl/N-ethyl adjacent to an activating group) is 1. The molecule has 3 aliphatic rings. The molecule has 6 nitrogen and oxygen atoms in total. The smallest absolute Gasteiger partial charge is 0.227 e. The molecule has 162 valence electrons. The molecule has 1 amide bonds. The molecule has 0 radical (unpaired) electrons. The number of H-pyrrole nitrogens is 1. The summed E-state index contributed by atoms with van der Waals surface area (Å²) in [5.74, 6) is 0.821. The fourth-order valence-electron chi connectivity index (χ4n) is 5.60. The number of carbonyl (C=O) groups excluding carboxylic acids is 1. The molecule has 1 N–H and O–H groups in total. The molecule has 0 saturated carbocycles. The molecule has 1 aromatic heterocycles. The van der Waals surface area contributed by atoms with Crippen molar-refractivity contribution in [2.45, 2.75) is 31.3 Å². The van der Waals surface area contributed by atoms with Gasteiger partial charge in [-0.25, -0.2) is 0 Å². The van der Waals surface area contributed by atoms with Gasteiger partial charge in [0, 0.05) is 62.9 Å². The highest BCUT2D eigenvalue weighted by Crippen LogP contribution is 2.38. The summed E-state index contributed by atoms with van der Waals surface area (Å²) in [5, 5.41) is 1.15. The van der Waals surface area contributed by atoms with Crippen LogP contribution in [0.15, 0.2) is 30.5 Å². The summed E-state index contributed by atoms with van der Waals surface area (Å²) in [5.41, 5.74) is 2.07. The van der Waals surface area contributed by atoms with E-state index >= 15 is 0 Å². The second-order valence-corrected chi connectivity index (χ2v) is 9.62. The van der Waals surface area contributed by atoms with Gasteiger partial charge in [0.2, 0.25) is 5.91 Å². The summed E-state index contributed by atoms with van der Waals surface area (Å²) in [7, 11) is 2.20. The lowest BCUT2D eigenvalue weighted by Crippen LogP contribution is -2.50. The Morgan fingerprint density at radius 3 is 2.90 bits per heavy atom. The van der Waals surface area contributed by atoms with E-state index in [0.29, 0.717) is 12.3 Å². The van der Waals surface area contributed by atoms with Gasteiger partial charge >= 0.3 is 0 Å². The maximum Gasteiger partial charge on any atom is 0.227 e. The maximum absolute atomic E-state index is 13.1. The van der Waals surface area contributed by atoms with E-state index in [-0.39, 0.29) is 11.5 Å². The topological polar surface area (TPSA) is 51.8 Å². The Labute approximate surface area is 179 Å². The fourth-order valence-corrected chi connectivity index (χ4v) is 5.60. The average molecular weight is 411 g/mol. The second kappa shape index (κ2) is 8.33. The predicted octanol–water partition coefficient (Wildman–Crippen LogP) is 2.36. The Kier molecular flexibility index (Phi) is 5.56. The lowest BCUT2D eigenvalue weighted by atomic mass is 9.86. The van der Waals surface area contributed by atoms with Crippen LogP contribution in [0, 0.1) is 5.92 Å². The summed E-state index contributed by atoms with van der Waals surface area (Å²) >= 11 is 0. The summed E-state index contributed by atoms with van der Waals surface area (Å²) < 4.78 is 6.41. The van der Waals surface area contributed by atoms with Gasteiger partial charge in [0.05, 0.1) is 18.6 Å². The highest BCUT2D eigenvalue weighted by atomic mass is 16.5. The first-order chi connectivity index (χ1) is 14.6. The minimum atomic E-state index is -0.120. The summed E-state index contributed by atoms with van der Waals surface area (Å²) in [6, 6.07) is 8.21. The number of hydrogen-bond acceptors (Lipinski definition) is 4. The zero-order chi connectivity index (χ0) is 20.6. The Morgan fingerprint density at radius 1 is 1.20 bits per heavy atom. The molecule has 2 aromatic rings. The van der Waals surface area contributed by atoms with Crippen LogP contribution < -0.4 is 0 Å². The normalized spacial score (nSPS) is 28.6. The van der Waals surface area contributed by atoms with Gasteiger partial charge in [-0.1, -0.05) is 18.2 Å². The van der Waals surface area contributed by atoms with Gasteiger partial charge in [-0.05, 0) is 43.9 Å². The quantitative estimate of drug-likeness (QED) is 0.841. The van der Waals surface area contributed by atoms with Crippen molar-refractivity contribution in [2.24, 2.45) is 5.92 Å². The molecule has 3 saturated heterocycles. The highest BCUT2D eigenvalue weighted by molar-refractivity contribution is 5.88. The van der Waals surface area contributed by atoms with Gasteiger partial charge in [0.15, 0.2) is 0 Å². The van der Waals surface area contributed by atoms with Crippen LogP contribution in [0.25, 0.3) is 10.9 Å². The number of para-hydroxylation sites is 1. The third kappa shape index (κ3) is 4.13. The van der Waals surface area contributed by atoms with Gasteiger partial charge in [0.25, 0.3) is 0 Å². The Bertz CT molecular complexity index is 888. The molecule has 3 aliphatic heterocycles. The first-order valence-corrected chi connectivity index (χ1v) is 11.5. The van der Waals surface area contributed by atoms with E-state index in [1.54, 1.807) is 0 Å². The summed E-state index contributed by atoms with van der Waals surface area (Å²) in [6.45, 7) is 8.24. The van der Waals surface area contributed by atoms with E-state index in [0.717, 1.165) is 88.1 Å². The molecule has 5 rings (SSSR count). The van der Waals surface area contributed by atoms with Crippen LogP contribution in [0.5, 0.6) is 0 Å². The number of carbonyl (C=O) groups is 1. The lowest BCUT2D eigenvalue weighted by molar-refractivity contribution is -0.138. The molecule has 0 bridgehead atoms. The number of benzene rings is 1. The van der Waals surface area contributed by atoms with Crippen molar-refractivity contribution in [3.05, 3.63) is 36.0 Å². The van der Waals surface area contributed by atoms with E-state index < -0.39 is 0 Å². The predicted molar refractivity (Wildman–Crippen MR) is 119 cm³/mol. The fraction of sp³-hybridized carbons (Fsp3) is 0.625. The molecule has 1 aromatic carbocycles. The molecule has 2 atom stereocenters. The molecular formula is C24H34N4O2. The molecule has 4 heterocycles. The molecule has 0 aliphatic carbocycles. The number of ether oxygens (including phenoxy) is 1. The number of likely N-dealkylation sites (tertiary alicyclic amines) is 1.